The van der Waals surface area contributed by atoms with Gasteiger partial charge in [-0.15, -0.1) is 0 Å². The average molecular weight is 234 g/mol. The van der Waals surface area contributed by atoms with Gasteiger partial charge in [0.2, 0.25) is 0 Å². The summed E-state index contributed by atoms with van der Waals surface area (Å²) in [6.45, 7) is 6.01. The molecular weight excluding hydrogens is 216 g/mol. The van der Waals surface area contributed by atoms with E-state index in [2.05, 4.69) is 6.92 Å². The van der Waals surface area contributed by atoms with Crippen LogP contribution in [0.4, 0.5) is 0 Å². The Hall–Kier alpha value is -1.77. The molecule has 1 N–H and O–H groups in total. The van der Waals surface area contributed by atoms with E-state index in [0.717, 1.165) is 11.8 Å². The lowest BCUT2D eigenvalue weighted by atomic mass is 10.1. The Labute approximate surface area is 102 Å². The van der Waals surface area contributed by atoms with Crippen LogP contribution in [0.3, 0.4) is 0 Å². The maximum atomic E-state index is 10.3. The van der Waals surface area contributed by atoms with E-state index in [9.17, 15) is 4.79 Å². The molecule has 0 aliphatic rings. The molecule has 0 aliphatic carbocycles. The molecule has 0 radical (unpaired) electrons. The number of carboxylic acids is 1. The second-order valence-corrected chi connectivity index (χ2v) is 4.15. The Morgan fingerprint density at radius 2 is 2.12 bits per heavy atom. The van der Waals surface area contributed by atoms with Crippen molar-refractivity contribution in [1.82, 2.24) is 0 Å². The molecule has 3 heteroatoms. The lowest BCUT2D eigenvalue weighted by molar-refractivity contribution is -0.131. The maximum Gasteiger partial charge on any atom is 0.327 e. The summed E-state index contributed by atoms with van der Waals surface area (Å²) in [5.41, 5.74) is 2.42. The second-order valence-electron chi connectivity index (χ2n) is 4.15. The number of carboxylic acid groups (broad SMARTS) is 1. The van der Waals surface area contributed by atoms with Crippen LogP contribution in [-0.4, -0.2) is 17.2 Å². The molecule has 0 heterocycles. The van der Waals surface area contributed by atoms with E-state index in [-0.39, 0.29) is 6.10 Å². The fourth-order valence-corrected chi connectivity index (χ4v) is 1.43. The first-order valence-electron chi connectivity index (χ1n) is 5.62. The molecule has 1 rings (SSSR count). The summed E-state index contributed by atoms with van der Waals surface area (Å²) in [4.78, 5) is 10.3. The highest BCUT2D eigenvalue weighted by molar-refractivity contribution is 5.79. The summed E-state index contributed by atoms with van der Waals surface area (Å²) < 4.78 is 5.69. The number of aliphatic carboxylic acids is 1. The molecule has 1 atom stereocenters. The molecule has 0 saturated heterocycles. The topological polar surface area (TPSA) is 46.5 Å². The highest BCUT2D eigenvalue weighted by Crippen LogP contribution is 2.18. The molecule has 0 saturated carbocycles. The van der Waals surface area contributed by atoms with Gasteiger partial charge in [-0.3, -0.25) is 0 Å². The lowest BCUT2D eigenvalue weighted by Gasteiger charge is -2.13. The maximum absolute atomic E-state index is 10.3. The van der Waals surface area contributed by atoms with E-state index in [1.165, 1.54) is 11.1 Å². The standard InChI is InChI=1S/C14H18O3/c1-10-7-8-13(9-11(10)2)17-12(3)5-4-6-14(15)16/h4,6-9,12H,5H2,1-3H3,(H,15,16)/b6-4+. The minimum atomic E-state index is -0.927. The van der Waals surface area contributed by atoms with Gasteiger partial charge in [0.25, 0.3) is 0 Å². The summed E-state index contributed by atoms with van der Waals surface area (Å²) in [6, 6.07) is 5.94. The summed E-state index contributed by atoms with van der Waals surface area (Å²) >= 11 is 0. The number of ether oxygens (including phenoxy) is 1. The summed E-state index contributed by atoms with van der Waals surface area (Å²) in [5.74, 6) is -0.104. The molecule has 1 unspecified atom stereocenters. The predicted octanol–water partition coefficient (Wildman–Crippen LogP) is 3.10. The van der Waals surface area contributed by atoms with Crippen molar-refractivity contribution in [2.75, 3.05) is 0 Å². The minimum Gasteiger partial charge on any atom is -0.490 e. The highest BCUT2D eigenvalue weighted by atomic mass is 16.5. The number of hydrogen-bond donors (Lipinski definition) is 1. The molecule has 0 amide bonds. The molecule has 0 fully saturated rings. The summed E-state index contributed by atoms with van der Waals surface area (Å²) in [6.07, 6.45) is 3.29. The number of rotatable bonds is 5. The molecule has 0 bridgehead atoms. The van der Waals surface area contributed by atoms with Gasteiger partial charge in [0, 0.05) is 12.5 Å². The first kappa shape index (κ1) is 13.3. The number of aryl methyl sites for hydroxylation is 2. The van der Waals surface area contributed by atoms with Gasteiger partial charge in [-0.2, -0.15) is 0 Å². The smallest absolute Gasteiger partial charge is 0.327 e. The zero-order chi connectivity index (χ0) is 12.8. The van der Waals surface area contributed by atoms with Gasteiger partial charge in [-0.1, -0.05) is 12.1 Å². The third kappa shape index (κ3) is 4.72. The zero-order valence-electron chi connectivity index (χ0n) is 10.4. The van der Waals surface area contributed by atoms with Crippen LogP contribution < -0.4 is 4.74 Å². The van der Waals surface area contributed by atoms with Crippen LogP contribution in [-0.2, 0) is 4.79 Å². The molecule has 0 aromatic heterocycles. The molecule has 1 aromatic rings. The van der Waals surface area contributed by atoms with Crippen molar-refractivity contribution in [3.8, 4) is 5.75 Å². The van der Waals surface area contributed by atoms with Crippen molar-refractivity contribution in [1.29, 1.82) is 0 Å². The molecule has 3 nitrogen and oxygen atoms in total. The van der Waals surface area contributed by atoms with Gasteiger partial charge < -0.3 is 9.84 Å². The molecule has 17 heavy (non-hydrogen) atoms. The lowest BCUT2D eigenvalue weighted by Crippen LogP contribution is -2.10. The van der Waals surface area contributed by atoms with E-state index < -0.39 is 5.97 Å². The van der Waals surface area contributed by atoms with Crippen LogP contribution in [0.2, 0.25) is 0 Å². The summed E-state index contributed by atoms with van der Waals surface area (Å²) in [7, 11) is 0. The zero-order valence-corrected chi connectivity index (χ0v) is 10.4. The Balaban J connectivity index is 2.53. The average Bonchev–Trinajstić information content (AvgIpc) is 2.23. The second kappa shape index (κ2) is 6.09. The Bertz CT molecular complexity index is 421. The van der Waals surface area contributed by atoms with Gasteiger partial charge in [0.05, 0.1) is 6.10 Å². The number of carbonyl (C=O) groups is 1. The van der Waals surface area contributed by atoms with Crippen molar-refractivity contribution >= 4 is 5.97 Å². The third-order valence-electron chi connectivity index (χ3n) is 2.54. The predicted molar refractivity (Wildman–Crippen MR) is 67.4 cm³/mol. The first-order valence-corrected chi connectivity index (χ1v) is 5.62. The number of benzene rings is 1. The molecule has 0 spiro atoms. The third-order valence-corrected chi connectivity index (χ3v) is 2.54. The van der Waals surface area contributed by atoms with E-state index in [1.54, 1.807) is 6.08 Å². The van der Waals surface area contributed by atoms with Crippen molar-refractivity contribution in [2.24, 2.45) is 0 Å². The largest absolute Gasteiger partial charge is 0.490 e. The van der Waals surface area contributed by atoms with E-state index in [4.69, 9.17) is 9.84 Å². The minimum absolute atomic E-state index is 0.0345. The van der Waals surface area contributed by atoms with E-state index in [1.807, 2.05) is 32.0 Å². The fourth-order valence-electron chi connectivity index (χ4n) is 1.43. The molecule has 0 aliphatic heterocycles. The van der Waals surface area contributed by atoms with E-state index >= 15 is 0 Å². The van der Waals surface area contributed by atoms with Gasteiger partial charge in [-0.05, 0) is 44.0 Å². The monoisotopic (exact) mass is 234 g/mol. The first-order chi connectivity index (χ1) is 7.99. The molecule has 92 valence electrons. The van der Waals surface area contributed by atoms with E-state index in [0.29, 0.717) is 6.42 Å². The number of hydrogen-bond acceptors (Lipinski definition) is 2. The Kier molecular flexibility index (Phi) is 4.76. The van der Waals surface area contributed by atoms with Crippen LogP contribution >= 0.6 is 0 Å². The van der Waals surface area contributed by atoms with Crippen LogP contribution in [0.5, 0.6) is 5.75 Å². The Morgan fingerprint density at radius 1 is 1.41 bits per heavy atom. The molecular formula is C14H18O3. The van der Waals surface area contributed by atoms with Crippen LogP contribution in [0, 0.1) is 13.8 Å². The SMILES string of the molecule is Cc1ccc(OC(C)C/C=C/C(=O)O)cc1C. The van der Waals surface area contributed by atoms with Crippen molar-refractivity contribution in [3.63, 3.8) is 0 Å². The van der Waals surface area contributed by atoms with Gasteiger partial charge in [0.1, 0.15) is 5.75 Å². The van der Waals surface area contributed by atoms with Crippen molar-refractivity contribution in [3.05, 3.63) is 41.5 Å². The van der Waals surface area contributed by atoms with Crippen molar-refractivity contribution < 1.29 is 14.6 Å². The van der Waals surface area contributed by atoms with Crippen LogP contribution in [0.1, 0.15) is 24.5 Å². The van der Waals surface area contributed by atoms with Gasteiger partial charge in [-0.25, -0.2) is 4.79 Å². The highest BCUT2D eigenvalue weighted by Gasteiger charge is 2.03. The fraction of sp³-hybridized carbons (Fsp3) is 0.357. The summed E-state index contributed by atoms with van der Waals surface area (Å²) in [5, 5.41) is 8.46. The Morgan fingerprint density at radius 3 is 2.71 bits per heavy atom. The van der Waals surface area contributed by atoms with Crippen LogP contribution in [0.15, 0.2) is 30.4 Å². The quantitative estimate of drug-likeness (QED) is 0.796. The normalized spacial score (nSPS) is 12.6. The van der Waals surface area contributed by atoms with Gasteiger partial charge >= 0.3 is 5.97 Å². The van der Waals surface area contributed by atoms with Crippen LogP contribution in [0.25, 0.3) is 0 Å². The van der Waals surface area contributed by atoms with Gasteiger partial charge in [0.15, 0.2) is 0 Å². The van der Waals surface area contributed by atoms with Crippen molar-refractivity contribution in [2.45, 2.75) is 33.3 Å². The molecule has 1 aromatic carbocycles.